The van der Waals surface area contributed by atoms with Crippen molar-refractivity contribution in [2.24, 2.45) is 0 Å². The summed E-state index contributed by atoms with van der Waals surface area (Å²) in [5.41, 5.74) is 1.80. The van der Waals surface area contributed by atoms with E-state index in [2.05, 4.69) is 30.7 Å². The molecule has 1 aromatic heterocycles. The first-order chi connectivity index (χ1) is 22.9. The van der Waals surface area contributed by atoms with Crippen molar-refractivity contribution in [2.75, 3.05) is 62.0 Å². The molecule has 3 heterocycles. The Morgan fingerprint density at radius 1 is 1.11 bits per heavy atom. The van der Waals surface area contributed by atoms with Crippen molar-refractivity contribution in [1.82, 2.24) is 25.5 Å². The van der Waals surface area contributed by atoms with Crippen molar-refractivity contribution in [2.45, 2.75) is 88.9 Å². The number of benzene rings is 1. The Morgan fingerprint density at radius 2 is 1.87 bits per heavy atom. The lowest BCUT2D eigenvalue weighted by atomic mass is 10.0. The molecule has 2 atom stereocenters. The van der Waals surface area contributed by atoms with E-state index in [1.807, 2.05) is 6.92 Å². The van der Waals surface area contributed by atoms with Gasteiger partial charge in [-0.3, -0.25) is 19.3 Å². The lowest BCUT2D eigenvalue weighted by Crippen LogP contribution is -2.56. The van der Waals surface area contributed by atoms with E-state index in [0.29, 0.717) is 61.2 Å². The van der Waals surface area contributed by atoms with Gasteiger partial charge in [-0.05, 0) is 63.1 Å². The number of fused-ring (bicyclic) bond motifs is 1. The summed E-state index contributed by atoms with van der Waals surface area (Å²) >= 11 is 0. The average molecular weight is 649 g/mol. The number of likely N-dealkylation sites (N-methyl/N-ethyl adjacent to an activating group) is 1. The van der Waals surface area contributed by atoms with Gasteiger partial charge in [0.2, 0.25) is 11.9 Å². The highest BCUT2D eigenvalue weighted by Crippen LogP contribution is 2.40. The van der Waals surface area contributed by atoms with Crippen LogP contribution in [-0.2, 0) is 14.3 Å². The van der Waals surface area contributed by atoms with Gasteiger partial charge < -0.3 is 35.2 Å². The second-order valence-electron chi connectivity index (χ2n) is 13.0. The topological polar surface area (TPSA) is 141 Å². The second kappa shape index (κ2) is 14.8. The first kappa shape index (κ1) is 33.0. The van der Waals surface area contributed by atoms with E-state index in [4.69, 9.17) is 14.5 Å². The number of hydrogen-bond donors (Lipinski definition) is 3. The number of esters is 1. The average Bonchev–Trinajstić information content (AvgIpc) is 3.82. The molecule has 2 aromatic rings. The standard InChI is InChI=1S/C34H48N8O5/c1-4-27-32(44)40(2)28-20-37-34(39-30(28)42(27)23-9-5-6-10-23)38-25-14-13-22(19-29(25)46-3)31(43)36-16-18-41-17-15-35-26(21-41)33(45)47-24-11-7-8-12-24/h13-14,19-20,23-24,26-27,35H,4-12,15-18,21H2,1-3H3,(H,36,43)(H,37,38,39)/t26?,27-/m1/s1. The second-order valence-corrected chi connectivity index (χ2v) is 13.0. The Balaban J connectivity index is 1.07. The van der Waals surface area contributed by atoms with E-state index in [1.165, 1.54) is 0 Å². The van der Waals surface area contributed by atoms with Gasteiger partial charge in [0, 0.05) is 51.4 Å². The number of carbonyl (C=O) groups is 3. The molecule has 254 valence electrons. The number of nitrogens with zero attached hydrogens (tertiary/aromatic N) is 5. The van der Waals surface area contributed by atoms with Gasteiger partial charge in [-0.25, -0.2) is 4.98 Å². The van der Waals surface area contributed by atoms with E-state index < -0.39 is 0 Å². The first-order valence-corrected chi connectivity index (χ1v) is 17.2. The van der Waals surface area contributed by atoms with Gasteiger partial charge in [0.1, 0.15) is 29.6 Å². The molecule has 0 radical (unpaired) electrons. The number of hydrogen-bond acceptors (Lipinski definition) is 11. The lowest BCUT2D eigenvalue weighted by Gasteiger charge is -2.43. The summed E-state index contributed by atoms with van der Waals surface area (Å²) in [6, 6.07) is 4.90. The molecule has 2 aliphatic heterocycles. The normalized spacial score (nSPS) is 22.3. The number of aromatic nitrogens is 2. The maximum Gasteiger partial charge on any atom is 0.324 e. The van der Waals surface area contributed by atoms with Crippen molar-refractivity contribution in [1.29, 1.82) is 0 Å². The summed E-state index contributed by atoms with van der Waals surface area (Å²) in [6.07, 6.45) is 11.0. The molecule has 2 amide bonds. The molecule has 3 fully saturated rings. The third-order valence-electron chi connectivity index (χ3n) is 9.97. The minimum atomic E-state index is -0.342. The molecule has 6 rings (SSSR count). The first-order valence-electron chi connectivity index (χ1n) is 17.2. The Kier molecular flexibility index (Phi) is 10.4. The molecule has 1 unspecified atom stereocenters. The number of nitrogens with one attached hydrogen (secondary N) is 3. The molecule has 0 spiro atoms. The maximum absolute atomic E-state index is 13.2. The van der Waals surface area contributed by atoms with Crippen molar-refractivity contribution in [3.8, 4) is 5.75 Å². The zero-order chi connectivity index (χ0) is 32.9. The van der Waals surface area contributed by atoms with Crippen LogP contribution in [0.3, 0.4) is 0 Å². The third kappa shape index (κ3) is 7.30. The Morgan fingerprint density at radius 3 is 2.62 bits per heavy atom. The molecular weight excluding hydrogens is 600 g/mol. The number of piperazine rings is 1. The third-order valence-corrected chi connectivity index (χ3v) is 9.97. The van der Waals surface area contributed by atoms with Crippen LogP contribution in [0.2, 0.25) is 0 Å². The summed E-state index contributed by atoms with van der Waals surface area (Å²) in [5, 5.41) is 9.54. The van der Waals surface area contributed by atoms with E-state index >= 15 is 0 Å². The van der Waals surface area contributed by atoms with Gasteiger partial charge >= 0.3 is 5.97 Å². The van der Waals surface area contributed by atoms with Crippen LogP contribution in [0.15, 0.2) is 24.4 Å². The fourth-order valence-corrected chi connectivity index (χ4v) is 7.35. The Labute approximate surface area is 276 Å². The molecule has 2 saturated carbocycles. The zero-order valence-electron chi connectivity index (χ0n) is 27.8. The molecular formula is C34H48N8O5. The van der Waals surface area contributed by atoms with Crippen LogP contribution in [0.5, 0.6) is 5.75 Å². The maximum atomic E-state index is 13.2. The molecule has 1 aromatic carbocycles. The smallest absolute Gasteiger partial charge is 0.324 e. The molecule has 3 N–H and O–H groups in total. The van der Waals surface area contributed by atoms with Gasteiger partial charge in [-0.15, -0.1) is 0 Å². The molecule has 4 aliphatic rings. The molecule has 1 saturated heterocycles. The minimum absolute atomic E-state index is 0.0533. The molecule has 2 aliphatic carbocycles. The summed E-state index contributed by atoms with van der Waals surface area (Å²) in [4.78, 5) is 54.4. The summed E-state index contributed by atoms with van der Waals surface area (Å²) in [7, 11) is 3.34. The largest absolute Gasteiger partial charge is 0.495 e. The summed E-state index contributed by atoms with van der Waals surface area (Å²) < 4.78 is 11.3. The zero-order valence-corrected chi connectivity index (χ0v) is 27.8. The van der Waals surface area contributed by atoms with E-state index in [0.717, 1.165) is 63.7 Å². The van der Waals surface area contributed by atoms with Crippen molar-refractivity contribution >= 4 is 40.9 Å². The highest BCUT2D eigenvalue weighted by Gasteiger charge is 2.41. The predicted octanol–water partition coefficient (Wildman–Crippen LogP) is 3.22. The minimum Gasteiger partial charge on any atom is -0.495 e. The van der Waals surface area contributed by atoms with Crippen LogP contribution in [0.25, 0.3) is 0 Å². The number of carbonyl (C=O) groups excluding carboxylic acids is 3. The van der Waals surface area contributed by atoms with Crippen LogP contribution in [-0.4, -0.2) is 104 Å². The number of anilines is 4. The number of ether oxygens (including phenoxy) is 2. The van der Waals surface area contributed by atoms with Crippen LogP contribution >= 0.6 is 0 Å². The van der Waals surface area contributed by atoms with E-state index in [9.17, 15) is 14.4 Å². The lowest BCUT2D eigenvalue weighted by molar-refractivity contribution is -0.152. The van der Waals surface area contributed by atoms with Crippen LogP contribution in [0, 0.1) is 0 Å². The summed E-state index contributed by atoms with van der Waals surface area (Å²) in [6.45, 7) is 5.18. The molecule has 13 nitrogen and oxygen atoms in total. The van der Waals surface area contributed by atoms with Gasteiger partial charge in [0.25, 0.3) is 5.91 Å². The van der Waals surface area contributed by atoms with Crippen LogP contribution < -0.4 is 30.5 Å². The monoisotopic (exact) mass is 648 g/mol. The SMILES string of the molecule is CC[C@@H]1C(=O)N(C)c2cnc(Nc3ccc(C(=O)NCCN4CCNC(C(=O)OC5CCCC5)C4)cc3OC)nc2N1C1CCCC1. The van der Waals surface area contributed by atoms with E-state index in [-0.39, 0.29) is 42.0 Å². The number of rotatable bonds is 11. The van der Waals surface area contributed by atoms with Crippen LogP contribution in [0.1, 0.15) is 75.1 Å². The quantitative estimate of drug-likeness (QED) is 0.309. The highest BCUT2D eigenvalue weighted by molar-refractivity contribution is 6.04. The van der Waals surface area contributed by atoms with Gasteiger partial charge in [0.05, 0.1) is 19.0 Å². The fourth-order valence-electron chi connectivity index (χ4n) is 7.35. The van der Waals surface area contributed by atoms with Crippen molar-refractivity contribution in [3.05, 3.63) is 30.0 Å². The van der Waals surface area contributed by atoms with E-state index in [1.54, 1.807) is 43.5 Å². The van der Waals surface area contributed by atoms with Crippen molar-refractivity contribution in [3.63, 3.8) is 0 Å². The Hall–Kier alpha value is -3.97. The Bertz CT molecular complexity index is 1440. The predicted molar refractivity (Wildman–Crippen MR) is 179 cm³/mol. The molecule has 13 heteroatoms. The van der Waals surface area contributed by atoms with Crippen molar-refractivity contribution < 1.29 is 23.9 Å². The molecule has 0 bridgehead atoms. The molecule has 47 heavy (non-hydrogen) atoms. The fraction of sp³-hybridized carbons (Fsp3) is 0.618. The van der Waals surface area contributed by atoms with Gasteiger partial charge in [-0.2, -0.15) is 4.98 Å². The van der Waals surface area contributed by atoms with Gasteiger partial charge in [-0.1, -0.05) is 19.8 Å². The summed E-state index contributed by atoms with van der Waals surface area (Å²) in [5.74, 6) is 1.32. The number of amides is 2. The number of methoxy groups -OCH3 is 1. The van der Waals surface area contributed by atoms with Crippen LogP contribution in [0.4, 0.5) is 23.1 Å². The highest BCUT2D eigenvalue weighted by atomic mass is 16.5. The van der Waals surface area contributed by atoms with Gasteiger partial charge in [0.15, 0.2) is 5.82 Å².